The number of methoxy groups -OCH3 is 1. The van der Waals surface area contributed by atoms with Crippen LogP contribution >= 0.6 is 0 Å². The van der Waals surface area contributed by atoms with Gasteiger partial charge in [0.2, 0.25) is 0 Å². The molecule has 3 heteroatoms. The first kappa shape index (κ1) is 25.8. The van der Waals surface area contributed by atoms with Crippen LogP contribution in [0.5, 0.6) is 0 Å². The average molecular weight is 485 g/mol. The number of rotatable bonds is 4. The summed E-state index contributed by atoms with van der Waals surface area (Å²) in [5.41, 5.74) is 1.84. The molecular weight excluding hydrogens is 432 g/mol. The van der Waals surface area contributed by atoms with Crippen molar-refractivity contribution in [1.82, 2.24) is 0 Å². The molecule has 5 rings (SSSR count). The van der Waals surface area contributed by atoms with Gasteiger partial charge in [0, 0.05) is 10.8 Å². The van der Waals surface area contributed by atoms with E-state index in [0.717, 1.165) is 25.0 Å². The summed E-state index contributed by atoms with van der Waals surface area (Å²) < 4.78 is 5.93. The number of hydrogen-bond donors (Lipinski definition) is 2. The van der Waals surface area contributed by atoms with Gasteiger partial charge in [-0.15, -0.1) is 0 Å². The Morgan fingerprint density at radius 3 is 2.20 bits per heavy atom. The van der Waals surface area contributed by atoms with E-state index in [1.807, 2.05) is 7.11 Å². The van der Waals surface area contributed by atoms with Gasteiger partial charge >= 0.3 is 0 Å². The SMILES string of the molecule is C=C(C)[C@@H]1CC[C@]2(C(=C)OC)CC[C@]3(C)C(CC[C@@H]4[C@@]5(C)CC[C@H](O)[C@@](C)(CO)[C@@H]5CC[C@]43C)[C@@H]12. The predicted octanol–water partition coefficient (Wildman–Crippen LogP) is 7.14. The zero-order valence-electron chi connectivity index (χ0n) is 23.5. The van der Waals surface area contributed by atoms with Crippen molar-refractivity contribution in [3.8, 4) is 0 Å². The van der Waals surface area contributed by atoms with Crippen LogP contribution in [0.3, 0.4) is 0 Å². The highest BCUT2D eigenvalue weighted by Gasteiger charge is 2.71. The Morgan fingerprint density at radius 1 is 0.857 bits per heavy atom. The Kier molecular flexibility index (Phi) is 5.98. The van der Waals surface area contributed by atoms with Gasteiger partial charge in [0.1, 0.15) is 0 Å². The van der Waals surface area contributed by atoms with Crippen molar-refractivity contribution in [3.05, 3.63) is 24.5 Å². The highest BCUT2D eigenvalue weighted by molar-refractivity contribution is 5.25. The van der Waals surface area contributed by atoms with Gasteiger partial charge in [-0.25, -0.2) is 0 Å². The number of ether oxygens (including phenoxy) is 1. The standard InChI is InChI=1S/C32H52O3/c1-20(2)22-11-16-32(21(3)35-8)18-17-30(6)23(27(22)32)9-10-25-28(4)14-13-26(34)29(5,19-33)24(28)12-15-31(25,30)7/h22-27,33-34H,1,3,9-19H2,2,4-8H3/t22-,23?,24+,25+,26-,27+,28-,29-,30+,31+,32+/m0/s1. The maximum Gasteiger partial charge on any atom is 0.0948 e. The summed E-state index contributed by atoms with van der Waals surface area (Å²) in [6, 6.07) is 0. The van der Waals surface area contributed by atoms with Crippen molar-refractivity contribution in [1.29, 1.82) is 0 Å². The number of fused-ring (bicyclic) bond motifs is 7. The van der Waals surface area contributed by atoms with Crippen molar-refractivity contribution in [3.63, 3.8) is 0 Å². The van der Waals surface area contributed by atoms with Crippen molar-refractivity contribution >= 4 is 0 Å². The average Bonchev–Trinajstić information content (AvgIpc) is 3.23. The number of aliphatic hydroxyl groups excluding tert-OH is 2. The smallest absolute Gasteiger partial charge is 0.0948 e. The van der Waals surface area contributed by atoms with E-state index in [9.17, 15) is 10.2 Å². The van der Waals surface area contributed by atoms with Crippen LogP contribution in [0.1, 0.15) is 98.8 Å². The second-order valence-electron chi connectivity index (χ2n) is 14.7. The molecule has 2 N–H and O–H groups in total. The normalized spacial score (nSPS) is 55.2. The van der Waals surface area contributed by atoms with Crippen molar-refractivity contribution in [2.24, 2.45) is 56.7 Å². The lowest BCUT2D eigenvalue weighted by Crippen LogP contribution is -2.67. The van der Waals surface area contributed by atoms with Crippen LogP contribution in [0.4, 0.5) is 0 Å². The molecule has 0 heterocycles. The van der Waals surface area contributed by atoms with Crippen LogP contribution in [-0.2, 0) is 4.74 Å². The van der Waals surface area contributed by atoms with E-state index in [2.05, 4.69) is 47.8 Å². The Balaban J connectivity index is 1.56. The zero-order chi connectivity index (χ0) is 25.6. The van der Waals surface area contributed by atoms with Crippen LogP contribution < -0.4 is 0 Å². The molecule has 5 aliphatic carbocycles. The van der Waals surface area contributed by atoms with Gasteiger partial charge in [-0.05, 0) is 117 Å². The maximum atomic E-state index is 11.0. The van der Waals surface area contributed by atoms with Crippen molar-refractivity contribution in [2.75, 3.05) is 13.7 Å². The van der Waals surface area contributed by atoms with Crippen LogP contribution in [0.25, 0.3) is 0 Å². The summed E-state index contributed by atoms with van der Waals surface area (Å²) in [6.07, 6.45) is 11.3. The molecule has 0 aromatic carbocycles. The second-order valence-corrected chi connectivity index (χ2v) is 14.7. The maximum absolute atomic E-state index is 11.0. The first-order valence-electron chi connectivity index (χ1n) is 14.5. The molecule has 0 radical (unpaired) electrons. The molecule has 198 valence electrons. The fourth-order valence-electron chi connectivity index (χ4n) is 11.8. The third kappa shape index (κ3) is 3.03. The third-order valence-corrected chi connectivity index (χ3v) is 14.0. The fraction of sp³-hybridized carbons (Fsp3) is 0.875. The lowest BCUT2D eigenvalue weighted by atomic mass is 9.32. The predicted molar refractivity (Wildman–Crippen MR) is 143 cm³/mol. The number of aliphatic hydroxyl groups is 2. The molecule has 5 fully saturated rings. The van der Waals surface area contributed by atoms with E-state index in [4.69, 9.17) is 4.74 Å². The molecular formula is C32H52O3. The van der Waals surface area contributed by atoms with Crippen molar-refractivity contribution in [2.45, 2.75) is 105 Å². The molecule has 0 spiro atoms. The highest BCUT2D eigenvalue weighted by Crippen LogP contribution is 2.78. The molecule has 3 nitrogen and oxygen atoms in total. The van der Waals surface area contributed by atoms with Crippen molar-refractivity contribution < 1.29 is 14.9 Å². The summed E-state index contributed by atoms with van der Waals surface area (Å²) in [5, 5.41) is 21.5. The Labute approximate surface area is 214 Å². The van der Waals surface area contributed by atoms with E-state index in [1.165, 1.54) is 50.5 Å². The molecule has 0 amide bonds. The van der Waals surface area contributed by atoms with Gasteiger partial charge < -0.3 is 14.9 Å². The fourth-order valence-corrected chi connectivity index (χ4v) is 11.8. The van der Waals surface area contributed by atoms with E-state index in [1.54, 1.807) is 0 Å². The molecule has 0 aromatic heterocycles. The minimum Gasteiger partial charge on any atom is -0.501 e. The van der Waals surface area contributed by atoms with Gasteiger partial charge in [0.05, 0.1) is 25.6 Å². The lowest BCUT2D eigenvalue weighted by Gasteiger charge is -2.73. The van der Waals surface area contributed by atoms with E-state index < -0.39 is 0 Å². The largest absolute Gasteiger partial charge is 0.501 e. The van der Waals surface area contributed by atoms with Gasteiger partial charge in [0.15, 0.2) is 0 Å². The first-order valence-corrected chi connectivity index (χ1v) is 14.5. The molecule has 5 saturated carbocycles. The van der Waals surface area contributed by atoms with Crippen LogP contribution in [0.2, 0.25) is 0 Å². The first-order chi connectivity index (χ1) is 16.4. The van der Waals surface area contributed by atoms with Gasteiger partial charge in [0.25, 0.3) is 0 Å². The van der Waals surface area contributed by atoms with E-state index in [0.29, 0.717) is 29.6 Å². The Hall–Kier alpha value is -0.800. The van der Waals surface area contributed by atoms with E-state index in [-0.39, 0.29) is 39.8 Å². The topological polar surface area (TPSA) is 49.7 Å². The minimum absolute atomic E-state index is 0.0990. The van der Waals surface area contributed by atoms with Crippen LogP contribution in [-0.4, -0.2) is 30.0 Å². The van der Waals surface area contributed by atoms with Gasteiger partial charge in [-0.1, -0.05) is 46.4 Å². The quantitative estimate of drug-likeness (QED) is 0.329. The monoisotopic (exact) mass is 484 g/mol. The summed E-state index contributed by atoms with van der Waals surface area (Å²) in [5.74, 6) is 3.90. The zero-order valence-corrected chi connectivity index (χ0v) is 23.5. The van der Waals surface area contributed by atoms with E-state index >= 15 is 0 Å². The van der Waals surface area contributed by atoms with Crippen LogP contribution in [0.15, 0.2) is 24.5 Å². The molecule has 11 atom stereocenters. The minimum atomic E-state index is -0.382. The third-order valence-electron chi connectivity index (χ3n) is 14.0. The molecule has 0 saturated heterocycles. The van der Waals surface area contributed by atoms with Crippen LogP contribution in [0, 0.1) is 56.7 Å². The lowest BCUT2D eigenvalue weighted by molar-refractivity contribution is -0.253. The second kappa shape index (κ2) is 8.10. The summed E-state index contributed by atoms with van der Waals surface area (Å²) in [6.45, 7) is 21.3. The number of allylic oxidation sites excluding steroid dienone is 2. The van der Waals surface area contributed by atoms with Gasteiger partial charge in [-0.3, -0.25) is 0 Å². The Bertz CT molecular complexity index is 895. The summed E-state index contributed by atoms with van der Waals surface area (Å²) >= 11 is 0. The molecule has 0 aromatic rings. The molecule has 0 bridgehead atoms. The molecule has 5 aliphatic rings. The number of hydrogen-bond acceptors (Lipinski definition) is 3. The molecule has 1 unspecified atom stereocenters. The Morgan fingerprint density at radius 2 is 1.57 bits per heavy atom. The van der Waals surface area contributed by atoms with Gasteiger partial charge in [-0.2, -0.15) is 0 Å². The summed E-state index contributed by atoms with van der Waals surface area (Å²) in [4.78, 5) is 0. The molecule has 35 heavy (non-hydrogen) atoms. The highest BCUT2D eigenvalue weighted by atomic mass is 16.5. The summed E-state index contributed by atoms with van der Waals surface area (Å²) in [7, 11) is 1.83. The molecule has 0 aliphatic heterocycles.